The highest BCUT2D eigenvalue weighted by Gasteiger charge is 2.29. The molecule has 0 aliphatic carbocycles. The van der Waals surface area contributed by atoms with Crippen molar-refractivity contribution in [2.75, 3.05) is 27.4 Å². The molecule has 10 nitrogen and oxygen atoms in total. The van der Waals surface area contributed by atoms with Gasteiger partial charge >= 0.3 is 5.97 Å². The Morgan fingerprint density at radius 1 is 0.943 bits per heavy atom. The summed E-state index contributed by atoms with van der Waals surface area (Å²) >= 11 is 0. The predicted octanol–water partition coefficient (Wildman–Crippen LogP) is 2.37. The highest BCUT2D eigenvalue weighted by atomic mass is 32.2. The van der Waals surface area contributed by atoms with Gasteiger partial charge in [0.2, 0.25) is 20.0 Å². The van der Waals surface area contributed by atoms with E-state index in [1.54, 1.807) is 25.1 Å². The summed E-state index contributed by atoms with van der Waals surface area (Å²) in [5, 5.41) is 0. The lowest BCUT2D eigenvalue weighted by Gasteiger charge is -2.19. The monoisotopic (exact) mass is 528 g/mol. The van der Waals surface area contributed by atoms with E-state index in [1.807, 2.05) is 6.92 Å². The molecule has 0 amide bonds. The molecule has 0 spiro atoms. The highest BCUT2D eigenvalue weighted by Crippen LogP contribution is 2.28. The number of aryl methyl sites for hydroxylation is 1. The van der Waals surface area contributed by atoms with E-state index < -0.39 is 32.1 Å². The number of hydrogen-bond donors (Lipinski definition) is 2. The number of methoxy groups -OCH3 is 2. The van der Waals surface area contributed by atoms with Gasteiger partial charge in [-0.15, -0.1) is 0 Å². The van der Waals surface area contributed by atoms with E-state index in [0.29, 0.717) is 18.6 Å². The van der Waals surface area contributed by atoms with E-state index in [4.69, 9.17) is 14.2 Å². The van der Waals surface area contributed by atoms with Crippen LogP contribution in [0.1, 0.15) is 31.7 Å². The molecule has 2 N–H and O–H groups in total. The van der Waals surface area contributed by atoms with Gasteiger partial charge in [-0.1, -0.05) is 17.7 Å². The first-order valence-corrected chi connectivity index (χ1v) is 14.0. The molecule has 0 aliphatic heterocycles. The number of hydrogen-bond acceptors (Lipinski definition) is 8. The number of benzene rings is 2. The summed E-state index contributed by atoms with van der Waals surface area (Å²) in [4.78, 5) is 12.4. The van der Waals surface area contributed by atoms with Crippen LogP contribution in [0.15, 0.2) is 52.3 Å². The highest BCUT2D eigenvalue weighted by molar-refractivity contribution is 7.89. The molecule has 0 saturated carbocycles. The zero-order valence-electron chi connectivity index (χ0n) is 20.2. The molecule has 35 heavy (non-hydrogen) atoms. The van der Waals surface area contributed by atoms with Gasteiger partial charge in [-0.25, -0.2) is 21.6 Å². The number of unbranched alkanes of at least 4 members (excludes halogenated alkanes) is 1. The summed E-state index contributed by atoms with van der Waals surface area (Å²) in [5.41, 5.74) is 0.947. The number of esters is 1. The molecule has 2 aromatic rings. The van der Waals surface area contributed by atoms with Gasteiger partial charge in [0.05, 0.1) is 25.7 Å². The third kappa shape index (κ3) is 8.20. The van der Waals surface area contributed by atoms with E-state index in [1.165, 1.54) is 38.5 Å². The summed E-state index contributed by atoms with van der Waals surface area (Å²) in [5.74, 6) is -0.329. The topological polar surface area (TPSA) is 137 Å². The Morgan fingerprint density at radius 3 is 2.23 bits per heavy atom. The molecule has 194 valence electrons. The van der Waals surface area contributed by atoms with Gasteiger partial charge in [0.25, 0.3) is 0 Å². The lowest BCUT2D eigenvalue weighted by atomic mass is 10.1. The van der Waals surface area contributed by atoms with Crippen molar-refractivity contribution in [2.24, 2.45) is 0 Å². The summed E-state index contributed by atoms with van der Waals surface area (Å²) < 4.78 is 71.1. The molecule has 2 aromatic carbocycles. The minimum absolute atomic E-state index is 0.0793. The maximum Gasteiger partial charge on any atom is 0.324 e. The Labute approximate surface area is 207 Å². The van der Waals surface area contributed by atoms with Crippen molar-refractivity contribution in [3.8, 4) is 11.5 Å². The lowest BCUT2D eigenvalue weighted by Crippen LogP contribution is -2.42. The Kier molecular flexibility index (Phi) is 10.5. The van der Waals surface area contributed by atoms with Crippen molar-refractivity contribution >= 4 is 26.0 Å². The summed E-state index contributed by atoms with van der Waals surface area (Å²) in [6.07, 6.45) is 0.847. The predicted molar refractivity (Wildman–Crippen MR) is 131 cm³/mol. The van der Waals surface area contributed by atoms with E-state index in [9.17, 15) is 21.6 Å². The molecule has 0 bridgehead atoms. The molecule has 1 atom stereocenters. The molecule has 0 radical (unpaired) electrons. The van der Waals surface area contributed by atoms with Crippen molar-refractivity contribution in [3.05, 3.63) is 48.0 Å². The van der Waals surface area contributed by atoms with Crippen LogP contribution in [0.4, 0.5) is 0 Å². The van der Waals surface area contributed by atoms with Crippen molar-refractivity contribution in [2.45, 2.75) is 48.9 Å². The summed E-state index contributed by atoms with van der Waals surface area (Å²) in [7, 11) is -5.09. The van der Waals surface area contributed by atoms with Crippen molar-refractivity contribution in [3.63, 3.8) is 0 Å². The molecule has 1 unspecified atom stereocenters. The van der Waals surface area contributed by atoms with Gasteiger partial charge in [0, 0.05) is 12.6 Å². The average Bonchev–Trinajstić information content (AvgIpc) is 2.83. The van der Waals surface area contributed by atoms with Crippen LogP contribution in [0.5, 0.6) is 11.5 Å². The van der Waals surface area contributed by atoms with Crippen LogP contribution in [-0.2, 0) is 29.6 Å². The van der Waals surface area contributed by atoms with Gasteiger partial charge in [0.15, 0.2) is 0 Å². The van der Waals surface area contributed by atoms with Crippen LogP contribution in [-0.4, -0.2) is 56.2 Å². The molecule has 0 fully saturated rings. The minimum atomic E-state index is -4.17. The molecule has 2 rings (SSSR count). The second-order valence-corrected chi connectivity index (χ2v) is 11.1. The smallest absolute Gasteiger partial charge is 0.324 e. The van der Waals surface area contributed by atoms with E-state index in [0.717, 1.165) is 5.56 Å². The minimum Gasteiger partial charge on any atom is -0.497 e. The van der Waals surface area contributed by atoms with Crippen LogP contribution in [0.2, 0.25) is 0 Å². The molecule has 0 saturated heterocycles. The standard InChI is InChI=1S/C23H32N2O8S2/c1-5-33-23(26)20(25-35(29,30)22-16-18(31-3)11-14-21(22)32-4)8-6-7-15-24-34(27,28)19-12-9-17(2)10-13-19/h9-14,16,20,24-25H,5-8,15H2,1-4H3. The second-order valence-electron chi connectivity index (χ2n) is 7.65. The van der Waals surface area contributed by atoms with E-state index in [2.05, 4.69) is 9.44 Å². The third-order valence-electron chi connectivity index (χ3n) is 5.07. The Balaban J connectivity index is 2.04. The van der Waals surface area contributed by atoms with Gasteiger partial charge in [-0.3, -0.25) is 4.79 Å². The second kappa shape index (κ2) is 12.9. The summed E-state index contributed by atoms with van der Waals surface area (Å²) in [6, 6.07) is 9.61. The number of ether oxygens (including phenoxy) is 3. The fourth-order valence-corrected chi connectivity index (χ4v) is 5.67. The number of nitrogens with one attached hydrogen (secondary N) is 2. The zero-order chi connectivity index (χ0) is 26.1. The Morgan fingerprint density at radius 2 is 1.63 bits per heavy atom. The van der Waals surface area contributed by atoms with Gasteiger partial charge in [-0.2, -0.15) is 4.72 Å². The summed E-state index contributed by atoms with van der Waals surface area (Å²) in [6.45, 7) is 3.69. The Hall–Kier alpha value is -2.67. The van der Waals surface area contributed by atoms with Crippen LogP contribution >= 0.6 is 0 Å². The fraction of sp³-hybridized carbons (Fsp3) is 0.435. The molecule has 0 aromatic heterocycles. The van der Waals surface area contributed by atoms with Gasteiger partial charge in [-0.05, 0) is 57.4 Å². The first-order valence-electron chi connectivity index (χ1n) is 11.0. The number of carbonyl (C=O) groups excluding carboxylic acids is 1. The average molecular weight is 529 g/mol. The van der Waals surface area contributed by atoms with Crippen molar-refractivity contribution in [1.29, 1.82) is 0 Å². The largest absolute Gasteiger partial charge is 0.497 e. The van der Waals surface area contributed by atoms with E-state index in [-0.39, 0.29) is 35.1 Å². The Bertz CT molecular complexity index is 1200. The number of rotatable bonds is 14. The van der Waals surface area contributed by atoms with Crippen LogP contribution < -0.4 is 18.9 Å². The van der Waals surface area contributed by atoms with Crippen molar-refractivity contribution < 1.29 is 35.8 Å². The van der Waals surface area contributed by atoms with Crippen LogP contribution in [0.3, 0.4) is 0 Å². The van der Waals surface area contributed by atoms with Crippen LogP contribution in [0.25, 0.3) is 0 Å². The normalized spacial score (nSPS) is 12.7. The number of sulfonamides is 2. The van der Waals surface area contributed by atoms with Crippen molar-refractivity contribution in [1.82, 2.24) is 9.44 Å². The maximum atomic E-state index is 13.1. The quantitative estimate of drug-likeness (QED) is 0.282. The SMILES string of the molecule is CCOC(=O)C(CCCCNS(=O)(=O)c1ccc(C)cc1)NS(=O)(=O)c1cc(OC)ccc1OC. The van der Waals surface area contributed by atoms with Gasteiger partial charge < -0.3 is 14.2 Å². The third-order valence-corrected chi connectivity index (χ3v) is 8.04. The first-order chi connectivity index (χ1) is 16.5. The molecule has 0 aliphatic rings. The van der Waals surface area contributed by atoms with E-state index >= 15 is 0 Å². The zero-order valence-corrected chi connectivity index (χ0v) is 21.9. The molecular weight excluding hydrogens is 496 g/mol. The maximum absolute atomic E-state index is 13.1. The van der Waals surface area contributed by atoms with Gasteiger partial charge in [0.1, 0.15) is 22.4 Å². The number of carbonyl (C=O) groups is 1. The first kappa shape index (κ1) is 28.6. The molecular formula is C23H32N2O8S2. The molecule has 12 heteroatoms. The lowest BCUT2D eigenvalue weighted by molar-refractivity contribution is -0.145. The fourth-order valence-electron chi connectivity index (χ4n) is 3.19. The van der Waals surface area contributed by atoms with Crippen LogP contribution in [0, 0.1) is 6.92 Å². The molecule has 0 heterocycles.